The van der Waals surface area contributed by atoms with Gasteiger partial charge in [0, 0.05) is 17.7 Å². The van der Waals surface area contributed by atoms with Crippen molar-refractivity contribution in [3.05, 3.63) is 64.2 Å². The van der Waals surface area contributed by atoms with E-state index in [1.54, 1.807) is 13.0 Å². The van der Waals surface area contributed by atoms with Crippen molar-refractivity contribution in [1.82, 2.24) is 0 Å². The van der Waals surface area contributed by atoms with Crippen molar-refractivity contribution in [2.24, 2.45) is 0 Å². The molecule has 6 nitrogen and oxygen atoms in total. The molecule has 158 valence electrons. The average molecular weight is 409 g/mol. The molecule has 1 saturated heterocycles. The predicted molar refractivity (Wildman–Crippen MR) is 102 cm³/mol. The van der Waals surface area contributed by atoms with Gasteiger partial charge in [-0.2, -0.15) is 0 Å². The van der Waals surface area contributed by atoms with E-state index in [9.17, 15) is 29.2 Å². The second-order valence-corrected chi connectivity index (χ2v) is 7.28. The Morgan fingerprint density at radius 1 is 1.00 bits per heavy atom. The molecule has 5 atom stereocenters. The van der Waals surface area contributed by atoms with Crippen LogP contribution in [0.1, 0.15) is 35.3 Å². The fourth-order valence-corrected chi connectivity index (χ4v) is 3.55. The van der Waals surface area contributed by atoms with Crippen LogP contribution in [0.2, 0.25) is 0 Å². The summed E-state index contributed by atoms with van der Waals surface area (Å²) in [5.74, 6) is -1.33. The Morgan fingerprint density at radius 3 is 2.24 bits per heavy atom. The molecule has 0 spiro atoms. The van der Waals surface area contributed by atoms with Gasteiger partial charge < -0.3 is 30.9 Å². The Hall–Kier alpha value is -2.10. The molecule has 0 amide bonds. The first-order valence-electron chi connectivity index (χ1n) is 9.42. The first-order valence-corrected chi connectivity index (χ1v) is 9.42. The minimum Gasteiger partial charge on any atom is -0.398 e. The van der Waals surface area contributed by atoms with Crippen molar-refractivity contribution in [1.29, 1.82) is 0 Å². The van der Waals surface area contributed by atoms with E-state index in [0.29, 0.717) is 28.8 Å². The molecule has 6 N–H and O–H groups in total. The molecule has 2 aromatic carbocycles. The van der Waals surface area contributed by atoms with Gasteiger partial charge in [-0.1, -0.05) is 19.1 Å². The lowest BCUT2D eigenvalue weighted by Crippen LogP contribution is -2.55. The van der Waals surface area contributed by atoms with Crippen molar-refractivity contribution in [3.63, 3.8) is 0 Å². The normalized spacial score (nSPS) is 27.2. The second-order valence-electron chi connectivity index (χ2n) is 7.28. The Morgan fingerprint density at radius 2 is 1.66 bits per heavy atom. The van der Waals surface area contributed by atoms with E-state index in [1.807, 2.05) is 0 Å². The zero-order chi connectivity index (χ0) is 21.3. The van der Waals surface area contributed by atoms with E-state index in [1.165, 1.54) is 24.3 Å². The van der Waals surface area contributed by atoms with Crippen LogP contribution in [-0.4, -0.2) is 51.4 Å². The molecule has 1 fully saturated rings. The lowest BCUT2D eigenvalue weighted by molar-refractivity contribution is -0.231. The zero-order valence-corrected chi connectivity index (χ0v) is 15.9. The molecule has 0 saturated carbocycles. The molecular weight excluding hydrogens is 384 g/mol. The molecule has 2 aromatic rings. The molecule has 1 aliphatic rings. The predicted octanol–water partition coefficient (Wildman–Crippen LogP) is 1.22. The molecule has 29 heavy (non-hydrogen) atoms. The monoisotopic (exact) mass is 409 g/mol. The molecule has 0 bridgehead atoms. The Bertz CT molecular complexity index is 853. The average Bonchev–Trinajstić information content (AvgIpc) is 2.70. The highest BCUT2D eigenvalue weighted by Crippen LogP contribution is 2.34. The summed E-state index contributed by atoms with van der Waals surface area (Å²) in [5.41, 5.74) is 7.53. The van der Waals surface area contributed by atoms with E-state index in [-0.39, 0.29) is 12.0 Å². The standard InChI is InChI=1S/C21H25F2NO5/c1-2-10-5-14(22)13(15(23)6-10)8-12-7-11(3-4-16(12)24)21-20(28)19(27)18(26)17(9-25)29-21/h3-7,17-21,25-28H,2,8-9,24H2,1H3/t17-,18-,19+,20-,21+/m1/s1. The van der Waals surface area contributed by atoms with Gasteiger partial charge in [0.25, 0.3) is 0 Å². The van der Waals surface area contributed by atoms with Crippen molar-refractivity contribution >= 4 is 5.69 Å². The minimum absolute atomic E-state index is 0.112. The van der Waals surface area contributed by atoms with Crippen LogP contribution in [0.3, 0.4) is 0 Å². The first kappa shape index (κ1) is 21.6. The van der Waals surface area contributed by atoms with Crippen molar-refractivity contribution in [2.75, 3.05) is 12.3 Å². The van der Waals surface area contributed by atoms with Gasteiger partial charge in [0.1, 0.15) is 42.2 Å². The van der Waals surface area contributed by atoms with Crippen LogP contribution in [0.5, 0.6) is 0 Å². The van der Waals surface area contributed by atoms with E-state index in [0.717, 1.165) is 0 Å². The van der Waals surface area contributed by atoms with Crippen molar-refractivity contribution < 1.29 is 33.9 Å². The van der Waals surface area contributed by atoms with Gasteiger partial charge in [0.15, 0.2) is 0 Å². The van der Waals surface area contributed by atoms with Crippen LogP contribution in [0.4, 0.5) is 14.5 Å². The van der Waals surface area contributed by atoms with Gasteiger partial charge in [-0.15, -0.1) is 0 Å². The Balaban J connectivity index is 1.93. The molecule has 0 aromatic heterocycles. The zero-order valence-electron chi connectivity index (χ0n) is 15.9. The molecule has 8 heteroatoms. The lowest BCUT2D eigenvalue weighted by Gasteiger charge is -2.40. The van der Waals surface area contributed by atoms with Crippen LogP contribution < -0.4 is 5.73 Å². The minimum atomic E-state index is -1.52. The maximum atomic E-state index is 14.4. The number of hydrogen-bond acceptors (Lipinski definition) is 6. The van der Waals surface area contributed by atoms with Crippen LogP contribution in [0, 0.1) is 11.6 Å². The molecular formula is C21H25F2NO5. The molecule has 1 heterocycles. The highest BCUT2D eigenvalue weighted by molar-refractivity contribution is 5.51. The summed E-state index contributed by atoms with van der Waals surface area (Å²) in [6.45, 7) is 1.25. The summed E-state index contributed by atoms with van der Waals surface area (Å²) < 4.78 is 34.3. The van der Waals surface area contributed by atoms with Gasteiger partial charge in [-0.25, -0.2) is 8.78 Å². The number of aliphatic hydroxyl groups is 4. The summed E-state index contributed by atoms with van der Waals surface area (Å²) in [6.07, 6.45) is -6.18. The third-order valence-corrected chi connectivity index (χ3v) is 5.36. The van der Waals surface area contributed by atoms with Gasteiger partial charge >= 0.3 is 0 Å². The lowest BCUT2D eigenvalue weighted by atomic mass is 9.89. The number of rotatable bonds is 5. The van der Waals surface area contributed by atoms with Crippen LogP contribution in [-0.2, 0) is 17.6 Å². The molecule has 0 unspecified atom stereocenters. The third-order valence-electron chi connectivity index (χ3n) is 5.36. The van der Waals surface area contributed by atoms with E-state index in [4.69, 9.17) is 10.5 Å². The Kier molecular flexibility index (Phi) is 6.50. The van der Waals surface area contributed by atoms with Crippen LogP contribution >= 0.6 is 0 Å². The van der Waals surface area contributed by atoms with Gasteiger partial charge in [-0.3, -0.25) is 0 Å². The quantitative estimate of drug-likeness (QED) is 0.474. The summed E-state index contributed by atoms with van der Waals surface area (Å²) in [6, 6.07) is 7.18. The summed E-state index contributed by atoms with van der Waals surface area (Å²) in [7, 11) is 0. The second kappa shape index (κ2) is 8.73. The number of anilines is 1. The highest BCUT2D eigenvalue weighted by atomic mass is 19.1. The number of benzene rings is 2. The fraction of sp³-hybridized carbons (Fsp3) is 0.429. The smallest absolute Gasteiger partial charge is 0.129 e. The molecule has 0 radical (unpaired) electrons. The van der Waals surface area contributed by atoms with E-state index >= 15 is 0 Å². The molecule has 1 aliphatic heterocycles. The number of nitrogen functional groups attached to an aromatic ring is 1. The van der Waals surface area contributed by atoms with Crippen LogP contribution in [0.15, 0.2) is 30.3 Å². The van der Waals surface area contributed by atoms with Gasteiger partial charge in [-0.05, 0) is 41.3 Å². The number of hydrogen-bond donors (Lipinski definition) is 5. The summed E-state index contributed by atoms with van der Waals surface area (Å²) >= 11 is 0. The number of aryl methyl sites for hydroxylation is 1. The molecule has 0 aliphatic carbocycles. The number of aliphatic hydroxyl groups excluding tert-OH is 4. The van der Waals surface area contributed by atoms with Crippen molar-refractivity contribution in [2.45, 2.75) is 50.3 Å². The maximum Gasteiger partial charge on any atom is 0.129 e. The number of nitrogens with two attached hydrogens (primary N) is 1. The highest BCUT2D eigenvalue weighted by Gasteiger charge is 2.44. The van der Waals surface area contributed by atoms with E-state index in [2.05, 4.69) is 0 Å². The maximum absolute atomic E-state index is 14.4. The van der Waals surface area contributed by atoms with Gasteiger partial charge in [0.05, 0.1) is 6.61 Å². The summed E-state index contributed by atoms with van der Waals surface area (Å²) in [5, 5.41) is 39.6. The Labute approximate surface area is 167 Å². The molecule has 3 rings (SSSR count). The first-order chi connectivity index (χ1) is 13.8. The van der Waals surface area contributed by atoms with Crippen LogP contribution in [0.25, 0.3) is 0 Å². The number of halogens is 2. The largest absolute Gasteiger partial charge is 0.398 e. The SMILES string of the molecule is CCc1cc(F)c(Cc2cc([C@@H]3O[C@H](CO)[C@@H](O)[C@H](O)[C@H]3O)ccc2N)c(F)c1. The fourth-order valence-electron chi connectivity index (χ4n) is 3.55. The van der Waals surface area contributed by atoms with Crippen molar-refractivity contribution in [3.8, 4) is 0 Å². The van der Waals surface area contributed by atoms with E-state index < -0.39 is 48.8 Å². The van der Waals surface area contributed by atoms with Gasteiger partial charge in [0.2, 0.25) is 0 Å². The number of ether oxygens (including phenoxy) is 1. The topological polar surface area (TPSA) is 116 Å². The summed E-state index contributed by atoms with van der Waals surface area (Å²) in [4.78, 5) is 0. The third kappa shape index (κ3) is 4.26.